The minimum Gasteiger partial charge on any atom is -0.495 e. The third kappa shape index (κ3) is 4.75. The van der Waals surface area contributed by atoms with Gasteiger partial charge in [-0.3, -0.25) is 0 Å². The summed E-state index contributed by atoms with van der Waals surface area (Å²) in [7, 11) is 1.30. The number of alkyl halides is 3. The molecule has 0 radical (unpaired) electrons. The molecule has 0 aliphatic heterocycles. The normalized spacial score (nSPS) is 11.9. The molecule has 0 saturated heterocycles. The van der Waals surface area contributed by atoms with Crippen LogP contribution in [0, 0.1) is 0 Å². The van der Waals surface area contributed by atoms with Crippen molar-refractivity contribution in [1.29, 1.82) is 0 Å². The number of ether oxygens (including phenoxy) is 1. The number of carbonyl (C=O) groups is 1. The van der Waals surface area contributed by atoms with Crippen molar-refractivity contribution in [2.75, 3.05) is 19.0 Å². The Balaban J connectivity index is 2.98. The summed E-state index contributed by atoms with van der Waals surface area (Å²) < 4.78 is 41.0. The number of para-hydroxylation sites is 1. The van der Waals surface area contributed by atoms with Gasteiger partial charge in [0.2, 0.25) is 0 Å². The highest BCUT2D eigenvalue weighted by Crippen LogP contribution is 2.28. The molecule has 1 aromatic carbocycles. The van der Waals surface area contributed by atoms with E-state index in [0.717, 1.165) is 0 Å². The maximum Gasteiger partial charge on any atom is 0.405 e. The molecule has 0 spiro atoms. The Morgan fingerprint density at radius 2 is 2.14 bits per heavy atom. The van der Waals surface area contributed by atoms with Crippen molar-refractivity contribution in [1.82, 2.24) is 5.32 Å². The van der Waals surface area contributed by atoms with E-state index >= 15 is 0 Å². The lowest BCUT2D eigenvalue weighted by Gasteiger charge is -2.15. The fraction of sp³-hybridized carbons (Fsp3) is 0.273. The first-order valence-electron chi connectivity index (χ1n) is 5.55. The van der Waals surface area contributed by atoms with E-state index in [9.17, 15) is 18.0 Å². The number of carbonyl (C=O) groups excluding carboxylic acids is 1. The SMILES string of the molecule is COc1cccc(/C(N)=N/O)c1NC(=O)NCC(F)(F)F. The summed E-state index contributed by atoms with van der Waals surface area (Å²) in [6.07, 6.45) is -4.54. The molecular weight excluding hydrogens is 293 g/mol. The number of nitrogens with one attached hydrogen (secondary N) is 2. The third-order valence-corrected chi connectivity index (χ3v) is 2.32. The number of anilines is 1. The fourth-order valence-corrected chi connectivity index (χ4v) is 1.44. The molecule has 0 saturated carbocycles. The molecule has 0 fully saturated rings. The van der Waals surface area contributed by atoms with Crippen LogP contribution in [0.4, 0.5) is 23.7 Å². The van der Waals surface area contributed by atoms with E-state index in [0.29, 0.717) is 0 Å². The predicted octanol–water partition coefficient (Wildman–Crippen LogP) is 1.47. The molecule has 0 aliphatic rings. The van der Waals surface area contributed by atoms with E-state index in [2.05, 4.69) is 10.5 Å². The van der Waals surface area contributed by atoms with Gasteiger partial charge in [-0.1, -0.05) is 11.2 Å². The van der Waals surface area contributed by atoms with Crippen molar-refractivity contribution in [2.24, 2.45) is 10.9 Å². The first-order valence-corrected chi connectivity index (χ1v) is 5.55. The van der Waals surface area contributed by atoms with E-state index in [1.807, 2.05) is 0 Å². The molecule has 0 aliphatic carbocycles. The van der Waals surface area contributed by atoms with Crippen LogP contribution in [0.5, 0.6) is 5.75 Å². The highest BCUT2D eigenvalue weighted by molar-refractivity contribution is 6.06. The Morgan fingerprint density at radius 1 is 1.48 bits per heavy atom. The number of oxime groups is 1. The van der Waals surface area contributed by atoms with Crippen LogP contribution >= 0.6 is 0 Å². The van der Waals surface area contributed by atoms with Gasteiger partial charge in [-0.05, 0) is 12.1 Å². The van der Waals surface area contributed by atoms with Gasteiger partial charge in [0.1, 0.15) is 12.3 Å². The molecule has 1 aromatic rings. The summed E-state index contributed by atoms with van der Waals surface area (Å²) >= 11 is 0. The minimum absolute atomic E-state index is 0.0185. The number of nitrogens with two attached hydrogens (primary N) is 1. The molecular formula is C11H13F3N4O3. The van der Waals surface area contributed by atoms with Crippen LogP contribution in [-0.4, -0.2) is 36.9 Å². The van der Waals surface area contributed by atoms with E-state index in [4.69, 9.17) is 15.7 Å². The molecule has 0 unspecified atom stereocenters. The highest BCUT2D eigenvalue weighted by Gasteiger charge is 2.28. The zero-order valence-corrected chi connectivity index (χ0v) is 10.9. The fourth-order valence-electron chi connectivity index (χ4n) is 1.44. The number of amides is 2. The summed E-state index contributed by atoms with van der Waals surface area (Å²) in [5.41, 5.74) is 5.51. The largest absolute Gasteiger partial charge is 0.495 e. The molecule has 5 N–H and O–H groups in total. The van der Waals surface area contributed by atoms with Gasteiger partial charge in [0.25, 0.3) is 0 Å². The zero-order chi connectivity index (χ0) is 16.0. The second-order valence-corrected chi connectivity index (χ2v) is 3.79. The van der Waals surface area contributed by atoms with E-state index in [1.54, 1.807) is 5.32 Å². The lowest BCUT2D eigenvalue weighted by Crippen LogP contribution is -2.37. The summed E-state index contributed by atoms with van der Waals surface area (Å²) in [5, 5.41) is 15.2. The average Bonchev–Trinajstić information content (AvgIpc) is 2.43. The van der Waals surface area contributed by atoms with Crippen LogP contribution in [0.25, 0.3) is 0 Å². The van der Waals surface area contributed by atoms with Crippen LogP contribution < -0.4 is 21.1 Å². The van der Waals surface area contributed by atoms with Gasteiger partial charge in [0, 0.05) is 5.56 Å². The monoisotopic (exact) mass is 306 g/mol. The summed E-state index contributed by atoms with van der Waals surface area (Å²) in [6.45, 7) is -1.49. The van der Waals surface area contributed by atoms with Gasteiger partial charge in [-0.2, -0.15) is 13.2 Å². The lowest BCUT2D eigenvalue weighted by molar-refractivity contribution is -0.122. The number of hydrogen-bond acceptors (Lipinski definition) is 4. The number of rotatable bonds is 4. The van der Waals surface area contributed by atoms with Crippen molar-refractivity contribution >= 4 is 17.6 Å². The summed E-state index contributed by atoms with van der Waals surface area (Å²) in [5.74, 6) is -0.193. The number of hydrogen-bond donors (Lipinski definition) is 4. The topological polar surface area (TPSA) is 109 Å². The van der Waals surface area contributed by atoms with E-state index < -0.39 is 18.8 Å². The molecule has 7 nitrogen and oxygen atoms in total. The van der Waals surface area contributed by atoms with E-state index in [-0.39, 0.29) is 22.8 Å². The Morgan fingerprint density at radius 3 is 2.67 bits per heavy atom. The molecule has 0 heterocycles. The van der Waals surface area contributed by atoms with Gasteiger partial charge >= 0.3 is 12.2 Å². The maximum absolute atomic E-state index is 12.0. The van der Waals surface area contributed by atoms with Crippen LogP contribution in [0.15, 0.2) is 23.4 Å². The van der Waals surface area contributed by atoms with Gasteiger partial charge in [0.15, 0.2) is 5.84 Å². The van der Waals surface area contributed by atoms with Crippen molar-refractivity contribution in [3.05, 3.63) is 23.8 Å². The van der Waals surface area contributed by atoms with Crippen LogP contribution in [0.3, 0.4) is 0 Å². The van der Waals surface area contributed by atoms with Gasteiger partial charge < -0.3 is 26.3 Å². The number of nitrogens with zero attached hydrogens (tertiary/aromatic N) is 1. The maximum atomic E-state index is 12.0. The quantitative estimate of drug-likeness (QED) is 0.292. The summed E-state index contributed by atoms with van der Waals surface area (Å²) in [4.78, 5) is 11.5. The number of urea groups is 1. The first kappa shape index (κ1) is 16.4. The number of methoxy groups -OCH3 is 1. The third-order valence-electron chi connectivity index (χ3n) is 2.32. The molecule has 21 heavy (non-hydrogen) atoms. The Labute approximate surface area is 117 Å². The average molecular weight is 306 g/mol. The molecule has 2 amide bonds. The van der Waals surface area contributed by atoms with Gasteiger partial charge in [0.05, 0.1) is 12.8 Å². The summed E-state index contributed by atoms with van der Waals surface area (Å²) in [6, 6.07) is 3.25. The first-order chi connectivity index (χ1) is 9.78. The second kappa shape index (κ2) is 6.68. The molecule has 1 rings (SSSR count). The number of benzene rings is 1. The van der Waals surface area contributed by atoms with Gasteiger partial charge in [-0.15, -0.1) is 0 Å². The zero-order valence-electron chi connectivity index (χ0n) is 10.9. The predicted molar refractivity (Wildman–Crippen MR) is 68.6 cm³/mol. The van der Waals surface area contributed by atoms with Crippen LogP contribution in [-0.2, 0) is 0 Å². The Bertz CT molecular complexity index is 546. The smallest absolute Gasteiger partial charge is 0.405 e. The lowest BCUT2D eigenvalue weighted by atomic mass is 10.1. The second-order valence-electron chi connectivity index (χ2n) is 3.79. The van der Waals surface area contributed by atoms with Crippen molar-refractivity contribution < 1.29 is 27.9 Å². The van der Waals surface area contributed by atoms with E-state index in [1.165, 1.54) is 25.3 Å². The Hall–Kier alpha value is -2.65. The van der Waals surface area contributed by atoms with Crippen LogP contribution in [0.2, 0.25) is 0 Å². The molecule has 0 bridgehead atoms. The van der Waals surface area contributed by atoms with Gasteiger partial charge in [-0.25, -0.2) is 4.79 Å². The Kier molecular flexibility index (Phi) is 5.22. The minimum atomic E-state index is -4.54. The number of halogens is 3. The van der Waals surface area contributed by atoms with Crippen molar-refractivity contribution in [3.8, 4) is 5.75 Å². The number of amidine groups is 1. The molecule has 10 heteroatoms. The molecule has 0 aromatic heterocycles. The molecule has 0 atom stereocenters. The van der Waals surface area contributed by atoms with Crippen molar-refractivity contribution in [3.63, 3.8) is 0 Å². The van der Waals surface area contributed by atoms with Crippen LogP contribution in [0.1, 0.15) is 5.56 Å². The highest BCUT2D eigenvalue weighted by atomic mass is 19.4. The van der Waals surface area contributed by atoms with Crippen molar-refractivity contribution in [2.45, 2.75) is 6.18 Å². The molecule has 116 valence electrons. The standard InChI is InChI=1S/C11H13F3N4O3/c1-21-7-4-2-3-6(9(15)18-20)8(7)17-10(19)16-5-11(12,13)14/h2-4,20H,5H2,1H3,(H2,15,18)(H2,16,17,19).